The molecule has 0 bridgehead atoms. The fourth-order valence-corrected chi connectivity index (χ4v) is 4.91. The minimum atomic E-state index is -0.647. The second-order valence-electron chi connectivity index (χ2n) is 7.78. The molecule has 0 spiro atoms. The van der Waals surface area contributed by atoms with E-state index in [0.29, 0.717) is 31.7 Å². The number of nitrogens with one attached hydrogen (secondary N) is 2. The predicted molar refractivity (Wildman–Crippen MR) is 134 cm³/mol. The first-order valence-corrected chi connectivity index (χ1v) is 12.3. The smallest absolute Gasteiger partial charge is 0.286 e. The maximum absolute atomic E-state index is 12.5. The van der Waals surface area contributed by atoms with Crippen molar-refractivity contribution in [3.8, 4) is 0 Å². The molecule has 3 heterocycles. The van der Waals surface area contributed by atoms with Gasteiger partial charge in [-0.05, 0) is 59.3 Å². The number of anilines is 2. The van der Waals surface area contributed by atoms with Gasteiger partial charge >= 0.3 is 0 Å². The minimum absolute atomic E-state index is 0.0182. The van der Waals surface area contributed by atoms with E-state index < -0.39 is 16.4 Å². The molecule has 1 unspecified atom stereocenters. The van der Waals surface area contributed by atoms with Crippen molar-refractivity contribution in [2.45, 2.75) is 18.6 Å². The molecule has 0 saturated carbocycles. The monoisotopic (exact) mass is 579 g/mol. The molecule has 172 valence electrons. The third-order valence-electron chi connectivity index (χ3n) is 5.52. The Morgan fingerprint density at radius 2 is 1.94 bits per heavy atom. The molecule has 2 saturated heterocycles. The van der Waals surface area contributed by atoms with Gasteiger partial charge in [-0.1, -0.05) is 17.8 Å². The highest BCUT2D eigenvalue weighted by Gasteiger charge is 2.35. The molecule has 2 N–H and O–H groups in total. The Balaban J connectivity index is 1.29. The molecular weight excluding hydrogens is 557 g/mol. The number of piperazine rings is 1. The molecule has 9 nitrogen and oxygen atoms in total. The number of nitrogens with zero attached hydrogens (tertiary/aromatic N) is 3. The summed E-state index contributed by atoms with van der Waals surface area (Å²) in [6.45, 7) is 4.20. The van der Waals surface area contributed by atoms with Crippen LogP contribution in [0.1, 0.15) is 22.3 Å². The van der Waals surface area contributed by atoms with Crippen LogP contribution < -0.4 is 15.5 Å². The van der Waals surface area contributed by atoms with E-state index in [1.165, 1.54) is 0 Å². The average Bonchev–Trinajstić information content (AvgIpc) is 3.12. The number of amides is 4. The summed E-state index contributed by atoms with van der Waals surface area (Å²) < 4.78 is 1.08. The van der Waals surface area contributed by atoms with Crippen molar-refractivity contribution in [1.82, 2.24) is 15.2 Å². The van der Waals surface area contributed by atoms with Crippen molar-refractivity contribution in [3.05, 3.63) is 51.2 Å². The van der Waals surface area contributed by atoms with Gasteiger partial charge in [-0.2, -0.15) is 0 Å². The fraction of sp³-hybridized carbons (Fsp3) is 0.318. The second-order valence-corrected chi connectivity index (χ2v) is 10.1. The normalized spacial score (nSPS) is 18.3. The number of aryl methyl sites for hydroxylation is 1. The van der Waals surface area contributed by atoms with Crippen LogP contribution in [0.5, 0.6) is 0 Å². The van der Waals surface area contributed by atoms with Crippen molar-refractivity contribution in [2.24, 2.45) is 0 Å². The number of benzene rings is 1. The molecule has 33 heavy (non-hydrogen) atoms. The minimum Gasteiger partial charge on any atom is -0.353 e. The molecule has 2 fully saturated rings. The second kappa shape index (κ2) is 10.1. The van der Waals surface area contributed by atoms with Crippen LogP contribution in [0.2, 0.25) is 0 Å². The molecule has 2 aliphatic rings. The molecule has 1 aromatic heterocycles. The van der Waals surface area contributed by atoms with Gasteiger partial charge in [-0.3, -0.25) is 24.5 Å². The van der Waals surface area contributed by atoms with E-state index in [4.69, 9.17) is 0 Å². The summed E-state index contributed by atoms with van der Waals surface area (Å²) in [6, 6.07) is 9.29. The van der Waals surface area contributed by atoms with E-state index in [2.05, 4.69) is 38.2 Å². The number of thioether (sulfide) groups is 1. The van der Waals surface area contributed by atoms with Crippen LogP contribution in [-0.4, -0.2) is 64.3 Å². The molecule has 0 aliphatic carbocycles. The fourth-order valence-electron chi connectivity index (χ4n) is 3.58. The predicted octanol–water partition coefficient (Wildman–Crippen LogP) is 2.64. The summed E-state index contributed by atoms with van der Waals surface area (Å²) in [7, 11) is 0. The third-order valence-corrected chi connectivity index (χ3v) is 7.67. The van der Waals surface area contributed by atoms with Gasteiger partial charge in [0.05, 0.1) is 5.56 Å². The summed E-state index contributed by atoms with van der Waals surface area (Å²) >= 11 is 3.10. The van der Waals surface area contributed by atoms with Crippen LogP contribution in [0.3, 0.4) is 0 Å². The van der Waals surface area contributed by atoms with Crippen LogP contribution in [0.4, 0.5) is 16.3 Å². The van der Waals surface area contributed by atoms with E-state index in [1.54, 1.807) is 23.2 Å². The Kier molecular flexibility index (Phi) is 7.17. The molecular formula is C22H22IN5O4S. The highest BCUT2D eigenvalue weighted by molar-refractivity contribution is 14.1. The number of pyridine rings is 1. The lowest BCUT2D eigenvalue weighted by atomic mass is 10.2. The number of carbonyl (C=O) groups is 4. The van der Waals surface area contributed by atoms with Crippen molar-refractivity contribution >= 4 is 68.8 Å². The van der Waals surface area contributed by atoms with Crippen LogP contribution in [0, 0.1) is 10.5 Å². The Morgan fingerprint density at radius 3 is 2.55 bits per heavy atom. The zero-order valence-corrected chi connectivity index (χ0v) is 20.8. The topological polar surface area (TPSA) is 112 Å². The Labute approximate surface area is 208 Å². The Bertz CT molecular complexity index is 1100. The number of halogens is 1. The van der Waals surface area contributed by atoms with Crippen LogP contribution in [0.25, 0.3) is 0 Å². The average molecular weight is 579 g/mol. The standard InChI is InChI=1S/C22H22IN5O4S/c1-13-2-4-15(10-16(13)23)25-20(30)14-3-5-18(24-12-14)27-6-8-28(9-7-27)19(29)11-17-21(31)26-22(32)33-17/h2-5,10,12,17H,6-9,11H2,1H3,(H,25,30)(H,26,31,32). The summed E-state index contributed by atoms with van der Waals surface area (Å²) in [4.78, 5) is 56.2. The van der Waals surface area contributed by atoms with Gasteiger partial charge in [0, 0.05) is 48.1 Å². The van der Waals surface area contributed by atoms with Gasteiger partial charge in [0.2, 0.25) is 11.8 Å². The summed E-state index contributed by atoms with van der Waals surface area (Å²) in [5, 5.41) is 4.04. The van der Waals surface area contributed by atoms with E-state index >= 15 is 0 Å². The lowest BCUT2D eigenvalue weighted by Gasteiger charge is -2.35. The third kappa shape index (κ3) is 5.64. The molecule has 1 atom stereocenters. The quantitative estimate of drug-likeness (QED) is 0.524. The number of rotatable bonds is 5. The Morgan fingerprint density at radius 1 is 1.18 bits per heavy atom. The first kappa shape index (κ1) is 23.5. The highest BCUT2D eigenvalue weighted by Crippen LogP contribution is 2.23. The number of imide groups is 1. The summed E-state index contributed by atoms with van der Waals surface area (Å²) in [5.74, 6) is -0.0264. The molecule has 2 aromatic rings. The van der Waals surface area contributed by atoms with Crippen molar-refractivity contribution < 1.29 is 19.2 Å². The summed E-state index contributed by atoms with van der Waals surface area (Å²) in [5.41, 5.74) is 2.35. The SMILES string of the molecule is Cc1ccc(NC(=O)c2ccc(N3CCN(C(=O)CC4SC(=O)NC4=O)CC3)nc2)cc1I. The van der Waals surface area contributed by atoms with E-state index in [-0.39, 0.29) is 18.2 Å². The molecule has 2 aliphatic heterocycles. The number of hydrogen-bond acceptors (Lipinski definition) is 7. The van der Waals surface area contributed by atoms with Crippen LogP contribution >= 0.6 is 34.4 Å². The highest BCUT2D eigenvalue weighted by atomic mass is 127. The van der Waals surface area contributed by atoms with E-state index in [0.717, 1.165) is 32.4 Å². The lowest BCUT2D eigenvalue weighted by molar-refractivity contribution is -0.133. The van der Waals surface area contributed by atoms with E-state index in [1.807, 2.05) is 30.0 Å². The molecule has 4 amide bonds. The number of carbonyl (C=O) groups excluding carboxylic acids is 4. The van der Waals surface area contributed by atoms with Crippen molar-refractivity contribution in [1.29, 1.82) is 0 Å². The maximum Gasteiger partial charge on any atom is 0.286 e. The number of hydrogen-bond donors (Lipinski definition) is 2. The van der Waals surface area contributed by atoms with Gasteiger partial charge in [-0.15, -0.1) is 0 Å². The van der Waals surface area contributed by atoms with Gasteiger partial charge in [0.15, 0.2) is 0 Å². The first-order chi connectivity index (χ1) is 15.8. The first-order valence-electron chi connectivity index (χ1n) is 10.4. The molecule has 0 radical (unpaired) electrons. The van der Waals surface area contributed by atoms with Gasteiger partial charge in [0.25, 0.3) is 11.1 Å². The van der Waals surface area contributed by atoms with Crippen LogP contribution in [-0.2, 0) is 9.59 Å². The van der Waals surface area contributed by atoms with Crippen LogP contribution in [0.15, 0.2) is 36.5 Å². The van der Waals surface area contributed by atoms with Gasteiger partial charge in [-0.25, -0.2) is 4.98 Å². The van der Waals surface area contributed by atoms with E-state index in [9.17, 15) is 19.2 Å². The Hall–Kier alpha value is -2.67. The van der Waals surface area contributed by atoms with Gasteiger partial charge < -0.3 is 15.1 Å². The molecule has 1 aromatic carbocycles. The number of aromatic nitrogens is 1. The summed E-state index contributed by atoms with van der Waals surface area (Å²) in [6.07, 6.45) is 1.57. The van der Waals surface area contributed by atoms with Gasteiger partial charge in [0.1, 0.15) is 11.1 Å². The molecule has 11 heteroatoms. The zero-order chi connectivity index (χ0) is 23.5. The van der Waals surface area contributed by atoms with Crippen molar-refractivity contribution in [2.75, 3.05) is 36.4 Å². The lowest BCUT2D eigenvalue weighted by Crippen LogP contribution is -2.49. The maximum atomic E-state index is 12.5. The zero-order valence-electron chi connectivity index (χ0n) is 17.8. The largest absolute Gasteiger partial charge is 0.353 e. The van der Waals surface area contributed by atoms with Crippen molar-refractivity contribution in [3.63, 3.8) is 0 Å². The molecule has 4 rings (SSSR count).